The Morgan fingerprint density at radius 1 is 1.14 bits per heavy atom. The highest BCUT2D eigenvalue weighted by Crippen LogP contribution is 2.33. The number of carbonyl (C=O) groups excluding carboxylic acids is 2. The standard InChI is InChI=1S/C22H16Cl2F3N7O3/c1-10-7-11(23)8-13(19(35)28-2)16(10)30-20(36)17-18(12-5-3-4-6-14(12)24)37-15(29-17)9-34-32-21(31-33-34)22(25,26)27/h3-8H,9H2,1-2H3,(H,28,35)(H,30,36). The fourth-order valence-electron chi connectivity index (χ4n) is 3.35. The molecule has 2 heterocycles. The minimum Gasteiger partial charge on any atom is -0.438 e. The quantitative estimate of drug-likeness (QED) is 0.356. The Bertz CT molecular complexity index is 1500. The predicted molar refractivity (Wildman–Crippen MR) is 126 cm³/mol. The van der Waals surface area contributed by atoms with Crippen molar-refractivity contribution in [2.75, 3.05) is 12.4 Å². The molecule has 4 aromatic rings. The van der Waals surface area contributed by atoms with Crippen LogP contribution in [0, 0.1) is 6.92 Å². The first-order valence-corrected chi connectivity index (χ1v) is 11.2. The third-order valence-electron chi connectivity index (χ3n) is 5.00. The normalized spacial score (nSPS) is 11.4. The number of halogens is 5. The van der Waals surface area contributed by atoms with Gasteiger partial charge in [-0.05, 0) is 42.0 Å². The molecule has 0 unspecified atom stereocenters. The van der Waals surface area contributed by atoms with E-state index in [1.54, 1.807) is 37.3 Å². The molecule has 0 radical (unpaired) electrons. The highest BCUT2D eigenvalue weighted by atomic mass is 35.5. The van der Waals surface area contributed by atoms with E-state index in [1.165, 1.54) is 13.1 Å². The van der Waals surface area contributed by atoms with Gasteiger partial charge in [-0.1, -0.05) is 35.3 Å². The Hall–Kier alpha value is -3.97. The summed E-state index contributed by atoms with van der Waals surface area (Å²) in [5.74, 6) is -2.95. The summed E-state index contributed by atoms with van der Waals surface area (Å²) in [5.41, 5.74) is 0.840. The van der Waals surface area contributed by atoms with Gasteiger partial charge in [0, 0.05) is 17.6 Å². The highest BCUT2D eigenvalue weighted by molar-refractivity contribution is 6.33. The first-order valence-electron chi connectivity index (χ1n) is 10.4. The fraction of sp³-hybridized carbons (Fsp3) is 0.182. The maximum absolute atomic E-state index is 13.4. The average Bonchev–Trinajstić information content (AvgIpc) is 3.48. The van der Waals surface area contributed by atoms with Gasteiger partial charge in [-0.2, -0.15) is 18.0 Å². The number of oxazole rings is 1. The number of nitrogens with one attached hydrogen (secondary N) is 2. The van der Waals surface area contributed by atoms with Crippen molar-refractivity contribution in [2.24, 2.45) is 0 Å². The minimum absolute atomic E-state index is 0.0534. The second kappa shape index (κ2) is 10.2. The van der Waals surface area contributed by atoms with Crippen LogP contribution in [0.3, 0.4) is 0 Å². The van der Waals surface area contributed by atoms with Crippen molar-refractivity contribution in [3.63, 3.8) is 0 Å². The van der Waals surface area contributed by atoms with Crippen LogP contribution in [-0.2, 0) is 12.7 Å². The lowest BCUT2D eigenvalue weighted by Gasteiger charge is -2.13. The van der Waals surface area contributed by atoms with E-state index in [0.29, 0.717) is 15.9 Å². The Morgan fingerprint density at radius 3 is 2.51 bits per heavy atom. The summed E-state index contributed by atoms with van der Waals surface area (Å²) in [6, 6.07) is 9.38. The van der Waals surface area contributed by atoms with E-state index in [4.69, 9.17) is 27.6 Å². The van der Waals surface area contributed by atoms with Crippen molar-refractivity contribution in [1.29, 1.82) is 0 Å². The SMILES string of the molecule is CNC(=O)c1cc(Cl)cc(C)c1NC(=O)c1nc(Cn2nnc(C(F)(F)F)n2)oc1-c1ccccc1Cl. The Balaban J connectivity index is 1.75. The molecule has 10 nitrogen and oxygen atoms in total. The number of carbonyl (C=O) groups is 2. The van der Waals surface area contributed by atoms with Gasteiger partial charge in [-0.3, -0.25) is 9.59 Å². The van der Waals surface area contributed by atoms with Gasteiger partial charge in [0.15, 0.2) is 11.5 Å². The summed E-state index contributed by atoms with van der Waals surface area (Å²) >= 11 is 12.4. The molecule has 0 aliphatic heterocycles. The lowest BCUT2D eigenvalue weighted by molar-refractivity contribution is -0.145. The summed E-state index contributed by atoms with van der Waals surface area (Å²) in [6.07, 6.45) is -4.79. The van der Waals surface area contributed by atoms with Gasteiger partial charge in [-0.15, -0.1) is 10.2 Å². The maximum Gasteiger partial charge on any atom is 0.455 e. The van der Waals surface area contributed by atoms with Crippen molar-refractivity contribution in [3.8, 4) is 11.3 Å². The zero-order chi connectivity index (χ0) is 26.9. The zero-order valence-corrected chi connectivity index (χ0v) is 20.5. The summed E-state index contributed by atoms with van der Waals surface area (Å²) < 4.78 is 44.2. The monoisotopic (exact) mass is 553 g/mol. The molecule has 4 rings (SSSR count). The summed E-state index contributed by atoms with van der Waals surface area (Å²) in [5, 5.41) is 15.2. The Labute approximate surface area is 216 Å². The number of rotatable bonds is 6. The second-order valence-corrected chi connectivity index (χ2v) is 8.43. The van der Waals surface area contributed by atoms with Crippen LogP contribution < -0.4 is 10.6 Å². The van der Waals surface area contributed by atoms with Gasteiger partial charge in [-0.25, -0.2) is 4.98 Å². The molecule has 0 saturated carbocycles. The van der Waals surface area contributed by atoms with E-state index in [0.717, 1.165) is 0 Å². The Kier molecular flexibility index (Phi) is 7.18. The van der Waals surface area contributed by atoms with E-state index in [2.05, 4.69) is 31.0 Å². The van der Waals surface area contributed by atoms with Gasteiger partial charge in [0.05, 0.1) is 16.3 Å². The van der Waals surface area contributed by atoms with Gasteiger partial charge in [0.25, 0.3) is 17.6 Å². The van der Waals surface area contributed by atoms with Crippen LogP contribution in [-0.4, -0.2) is 44.1 Å². The largest absolute Gasteiger partial charge is 0.455 e. The lowest BCUT2D eigenvalue weighted by atomic mass is 10.1. The molecule has 0 aliphatic carbocycles. The smallest absolute Gasteiger partial charge is 0.438 e. The van der Waals surface area contributed by atoms with Gasteiger partial charge in [0.1, 0.15) is 6.54 Å². The van der Waals surface area contributed by atoms with Gasteiger partial charge in [0.2, 0.25) is 5.89 Å². The van der Waals surface area contributed by atoms with Crippen molar-refractivity contribution in [2.45, 2.75) is 19.6 Å². The van der Waals surface area contributed by atoms with Crippen LogP contribution in [0.15, 0.2) is 40.8 Å². The Morgan fingerprint density at radius 2 is 1.86 bits per heavy atom. The van der Waals surface area contributed by atoms with Gasteiger partial charge < -0.3 is 15.1 Å². The number of hydrogen-bond donors (Lipinski definition) is 2. The van der Waals surface area contributed by atoms with Crippen LogP contribution in [0.25, 0.3) is 11.3 Å². The zero-order valence-electron chi connectivity index (χ0n) is 19.0. The van der Waals surface area contributed by atoms with Crippen molar-refractivity contribution in [3.05, 3.63) is 75.0 Å². The first kappa shape index (κ1) is 26.1. The molecule has 0 aliphatic rings. The first-order chi connectivity index (χ1) is 17.5. The molecule has 0 bridgehead atoms. The molecule has 0 fully saturated rings. The highest BCUT2D eigenvalue weighted by Gasteiger charge is 2.37. The van der Waals surface area contributed by atoms with Crippen molar-refractivity contribution >= 4 is 40.7 Å². The number of anilines is 1. The predicted octanol–water partition coefficient (Wildman–Crippen LogP) is 4.62. The molecule has 2 aromatic heterocycles. The van der Waals surface area contributed by atoms with E-state index in [-0.39, 0.29) is 38.6 Å². The number of amides is 2. The maximum atomic E-state index is 13.4. The number of nitrogens with zero attached hydrogens (tertiary/aromatic N) is 5. The van der Waals surface area contributed by atoms with Crippen LogP contribution in [0.5, 0.6) is 0 Å². The molecule has 0 saturated heterocycles. The minimum atomic E-state index is -4.79. The van der Waals surface area contributed by atoms with E-state index >= 15 is 0 Å². The van der Waals surface area contributed by atoms with Gasteiger partial charge >= 0.3 is 6.18 Å². The summed E-state index contributed by atoms with van der Waals surface area (Å²) in [6.45, 7) is 1.18. The fourth-order valence-corrected chi connectivity index (χ4v) is 3.85. The molecule has 15 heteroatoms. The van der Waals surface area contributed by atoms with Crippen LogP contribution in [0.2, 0.25) is 10.0 Å². The summed E-state index contributed by atoms with van der Waals surface area (Å²) in [4.78, 5) is 30.6. The third-order valence-corrected chi connectivity index (χ3v) is 5.55. The second-order valence-electron chi connectivity index (χ2n) is 7.58. The number of aromatic nitrogens is 5. The van der Waals surface area contributed by atoms with Crippen LogP contribution >= 0.6 is 23.2 Å². The van der Waals surface area contributed by atoms with Crippen LogP contribution in [0.1, 0.15) is 38.1 Å². The van der Waals surface area contributed by atoms with E-state index in [9.17, 15) is 22.8 Å². The molecule has 2 N–H and O–H groups in total. The number of aryl methyl sites for hydroxylation is 1. The number of tetrazole rings is 1. The molecule has 37 heavy (non-hydrogen) atoms. The lowest BCUT2D eigenvalue weighted by Crippen LogP contribution is -2.22. The number of benzene rings is 2. The van der Waals surface area contributed by atoms with E-state index < -0.39 is 30.4 Å². The number of hydrogen-bond acceptors (Lipinski definition) is 7. The third kappa shape index (κ3) is 5.57. The number of alkyl halides is 3. The molecule has 2 aromatic carbocycles. The van der Waals surface area contributed by atoms with Crippen molar-refractivity contribution in [1.82, 2.24) is 30.5 Å². The molecule has 2 amide bonds. The molecule has 0 atom stereocenters. The molecular weight excluding hydrogens is 538 g/mol. The summed E-state index contributed by atoms with van der Waals surface area (Å²) in [7, 11) is 1.42. The molecule has 0 spiro atoms. The van der Waals surface area contributed by atoms with Crippen molar-refractivity contribution < 1.29 is 27.2 Å². The molecular formula is C22H16Cl2F3N7O3. The van der Waals surface area contributed by atoms with Crippen LogP contribution in [0.4, 0.5) is 18.9 Å². The topological polar surface area (TPSA) is 128 Å². The molecule has 192 valence electrons. The average molecular weight is 554 g/mol. The van der Waals surface area contributed by atoms with E-state index in [1.807, 2.05) is 0 Å².